The summed E-state index contributed by atoms with van der Waals surface area (Å²) in [4.78, 5) is -1.34. The molecule has 10 nitrogen and oxygen atoms in total. The monoisotopic (exact) mass is 520 g/mol. The van der Waals surface area contributed by atoms with Crippen LogP contribution in [-0.2, 0) is 20.2 Å². The molecule has 0 aliphatic rings. The van der Waals surface area contributed by atoms with Crippen molar-refractivity contribution in [2.24, 2.45) is 0 Å². The van der Waals surface area contributed by atoms with Crippen molar-refractivity contribution < 1.29 is 36.2 Å². The highest BCUT2D eigenvalue weighted by molar-refractivity contribution is 7.86. The third-order valence-corrected chi connectivity index (χ3v) is 6.97. The van der Waals surface area contributed by atoms with E-state index in [1.54, 1.807) is 24.3 Å². The molecule has 34 heavy (non-hydrogen) atoms. The molecule has 0 amide bonds. The minimum Gasteiger partial charge on any atom is -0.507 e. The number of aromatic hydroxyl groups is 2. The van der Waals surface area contributed by atoms with Crippen LogP contribution in [0, 0.1) is 0 Å². The lowest BCUT2D eigenvalue weighted by molar-refractivity contribution is 0.471. The summed E-state index contributed by atoms with van der Waals surface area (Å²) < 4.78 is 67.3. The summed E-state index contributed by atoms with van der Waals surface area (Å²) in [6, 6.07) is 14.1. The van der Waals surface area contributed by atoms with Crippen LogP contribution in [0.3, 0.4) is 0 Å². The molecule has 0 atom stereocenters. The first-order valence-electron chi connectivity index (χ1n) is 9.40. The molecule has 0 bridgehead atoms. The van der Waals surface area contributed by atoms with Gasteiger partial charge in [-0.25, -0.2) is 0 Å². The SMILES string of the molecule is O=S(=O)(O)c1cc(O)c2ccccc2c1NC(=S)Nc1c(S(=O)(=O)O)cc(O)c2ccccc12. The molecule has 0 heterocycles. The number of thiocarbonyl (C=S) groups is 1. The van der Waals surface area contributed by atoms with Gasteiger partial charge >= 0.3 is 0 Å². The summed E-state index contributed by atoms with van der Waals surface area (Å²) in [5, 5.41) is 26.3. The predicted octanol–water partition coefficient (Wildman–Crippen LogP) is 3.71. The maximum Gasteiger partial charge on any atom is 0.296 e. The Morgan fingerprint density at radius 1 is 0.647 bits per heavy atom. The molecule has 4 aromatic rings. The van der Waals surface area contributed by atoms with Gasteiger partial charge < -0.3 is 20.8 Å². The molecule has 0 radical (unpaired) electrons. The average molecular weight is 521 g/mol. The van der Waals surface area contributed by atoms with Gasteiger partial charge in [-0.15, -0.1) is 0 Å². The average Bonchev–Trinajstić information content (AvgIpc) is 2.76. The number of fused-ring (bicyclic) bond motifs is 2. The molecule has 0 saturated carbocycles. The number of phenols is 2. The van der Waals surface area contributed by atoms with Crippen LogP contribution in [0.4, 0.5) is 11.4 Å². The normalized spacial score (nSPS) is 12.1. The van der Waals surface area contributed by atoms with Gasteiger partial charge in [-0.05, 0) is 12.2 Å². The highest BCUT2D eigenvalue weighted by atomic mass is 32.2. The van der Waals surface area contributed by atoms with E-state index >= 15 is 0 Å². The number of rotatable bonds is 4. The van der Waals surface area contributed by atoms with E-state index in [2.05, 4.69) is 10.6 Å². The summed E-state index contributed by atoms with van der Waals surface area (Å²) in [6.45, 7) is 0. The van der Waals surface area contributed by atoms with Gasteiger partial charge in [0.25, 0.3) is 20.2 Å². The quantitative estimate of drug-likeness (QED) is 0.131. The summed E-state index contributed by atoms with van der Waals surface area (Å²) in [5.74, 6) is -0.795. The van der Waals surface area contributed by atoms with Gasteiger partial charge in [0, 0.05) is 33.7 Å². The molecule has 0 aliphatic heterocycles. The van der Waals surface area contributed by atoms with Crippen LogP contribution in [0.1, 0.15) is 0 Å². The predicted molar refractivity (Wildman–Crippen MR) is 131 cm³/mol. The largest absolute Gasteiger partial charge is 0.507 e. The Morgan fingerprint density at radius 2 is 0.971 bits per heavy atom. The Balaban J connectivity index is 1.87. The van der Waals surface area contributed by atoms with E-state index in [4.69, 9.17) is 12.2 Å². The molecule has 0 saturated heterocycles. The van der Waals surface area contributed by atoms with Crippen LogP contribution in [0.5, 0.6) is 11.5 Å². The van der Waals surface area contributed by atoms with E-state index in [0.29, 0.717) is 0 Å². The summed E-state index contributed by atoms with van der Waals surface area (Å²) in [6.07, 6.45) is 0. The fourth-order valence-electron chi connectivity index (χ4n) is 3.59. The summed E-state index contributed by atoms with van der Waals surface area (Å²) in [7, 11) is -9.63. The minimum absolute atomic E-state index is 0.176. The first-order valence-corrected chi connectivity index (χ1v) is 12.7. The molecule has 0 spiro atoms. The molecule has 176 valence electrons. The lowest BCUT2D eigenvalue weighted by atomic mass is 10.1. The highest BCUT2D eigenvalue weighted by Crippen LogP contribution is 2.39. The molecule has 6 N–H and O–H groups in total. The molecular formula is C21H16N2O8S3. The smallest absolute Gasteiger partial charge is 0.296 e. The van der Waals surface area contributed by atoms with Crippen molar-refractivity contribution in [2.45, 2.75) is 9.79 Å². The Morgan fingerprint density at radius 3 is 1.29 bits per heavy atom. The van der Waals surface area contributed by atoms with Crippen molar-refractivity contribution in [3.05, 3.63) is 60.7 Å². The van der Waals surface area contributed by atoms with Crippen LogP contribution in [-0.4, -0.2) is 41.3 Å². The van der Waals surface area contributed by atoms with Crippen molar-refractivity contribution in [1.82, 2.24) is 0 Å². The topological polar surface area (TPSA) is 173 Å². The highest BCUT2D eigenvalue weighted by Gasteiger charge is 2.24. The molecule has 0 fully saturated rings. The Kier molecular flexibility index (Phi) is 5.83. The standard InChI is InChI=1S/C21H16N2O8S3/c24-15-9-17(33(26,27)28)19(13-7-3-1-5-11(13)15)22-21(32)23-20-14-8-4-2-6-12(14)16(25)10-18(20)34(29,30)31/h1-10,24-25H,(H2,22,23,32)(H,26,27,28)(H,29,30,31). The van der Waals surface area contributed by atoms with Gasteiger partial charge in [0.15, 0.2) is 5.11 Å². The molecule has 0 aliphatic carbocycles. The van der Waals surface area contributed by atoms with E-state index < -0.39 is 41.5 Å². The molecule has 0 aromatic heterocycles. The first-order chi connectivity index (χ1) is 15.9. The van der Waals surface area contributed by atoms with Crippen LogP contribution in [0.15, 0.2) is 70.5 Å². The van der Waals surface area contributed by atoms with Gasteiger partial charge in [-0.3, -0.25) is 9.11 Å². The lowest BCUT2D eigenvalue weighted by Gasteiger charge is -2.18. The fraction of sp³-hybridized carbons (Fsp3) is 0. The second kappa shape index (κ2) is 8.38. The van der Waals surface area contributed by atoms with Crippen LogP contribution in [0.2, 0.25) is 0 Å². The fourth-order valence-corrected chi connectivity index (χ4v) is 5.15. The zero-order chi connectivity index (χ0) is 24.8. The van der Waals surface area contributed by atoms with E-state index in [-0.39, 0.29) is 38.0 Å². The Hall–Kier alpha value is -3.49. The number of anilines is 2. The van der Waals surface area contributed by atoms with E-state index in [1.807, 2.05) is 0 Å². The van der Waals surface area contributed by atoms with Gasteiger partial charge in [-0.2, -0.15) is 16.8 Å². The van der Waals surface area contributed by atoms with Crippen LogP contribution < -0.4 is 10.6 Å². The van der Waals surface area contributed by atoms with Gasteiger partial charge in [-0.1, -0.05) is 48.5 Å². The third kappa shape index (κ3) is 4.34. The number of hydrogen-bond donors (Lipinski definition) is 6. The van der Waals surface area contributed by atoms with Crippen molar-refractivity contribution in [1.29, 1.82) is 0 Å². The second-order valence-corrected chi connectivity index (χ2v) is 10.3. The summed E-state index contributed by atoms with van der Waals surface area (Å²) in [5.41, 5.74) is -0.352. The molecule has 4 rings (SSSR count). The zero-order valence-electron chi connectivity index (χ0n) is 16.9. The molecule has 0 unspecified atom stereocenters. The van der Waals surface area contributed by atoms with Gasteiger partial charge in [0.2, 0.25) is 0 Å². The minimum atomic E-state index is -4.82. The maximum atomic E-state index is 12.0. The first kappa shape index (κ1) is 23.7. The molecule has 13 heteroatoms. The van der Waals surface area contributed by atoms with Crippen molar-refractivity contribution in [2.75, 3.05) is 10.6 Å². The lowest BCUT2D eigenvalue weighted by Crippen LogP contribution is -2.22. The van der Waals surface area contributed by atoms with Gasteiger partial charge in [0.05, 0.1) is 11.4 Å². The van der Waals surface area contributed by atoms with Crippen LogP contribution in [0.25, 0.3) is 21.5 Å². The van der Waals surface area contributed by atoms with Crippen molar-refractivity contribution >= 4 is 70.5 Å². The van der Waals surface area contributed by atoms with E-state index in [9.17, 15) is 36.2 Å². The Labute approximate surface area is 199 Å². The molecule has 4 aromatic carbocycles. The van der Waals surface area contributed by atoms with Crippen molar-refractivity contribution in [3.63, 3.8) is 0 Å². The summed E-state index contributed by atoms with van der Waals surface area (Å²) >= 11 is 5.27. The maximum absolute atomic E-state index is 12.0. The van der Waals surface area contributed by atoms with E-state index in [0.717, 1.165) is 12.1 Å². The molecular weight excluding hydrogens is 504 g/mol. The van der Waals surface area contributed by atoms with Crippen molar-refractivity contribution in [3.8, 4) is 11.5 Å². The van der Waals surface area contributed by atoms with Crippen LogP contribution >= 0.6 is 12.2 Å². The number of benzene rings is 4. The Bertz CT molecular complexity index is 1580. The third-order valence-electron chi connectivity index (χ3n) is 5.01. The van der Waals surface area contributed by atoms with E-state index in [1.165, 1.54) is 24.3 Å². The zero-order valence-corrected chi connectivity index (χ0v) is 19.4. The second-order valence-electron chi connectivity index (χ2n) is 7.16. The number of phenolic OH excluding ortho intramolecular Hbond substituents is 2. The van der Waals surface area contributed by atoms with Gasteiger partial charge in [0.1, 0.15) is 21.3 Å². The number of hydrogen-bond acceptors (Lipinski definition) is 7. The number of nitrogens with one attached hydrogen (secondary N) is 2.